The van der Waals surface area contributed by atoms with Crippen molar-refractivity contribution < 1.29 is 4.57 Å². The average Bonchev–Trinajstić information content (AvgIpc) is 2.73. The third-order valence-corrected chi connectivity index (χ3v) is 3.72. The standard InChI is InChI=1S/C9H15N2OP/c1-7-6-9(13(2,3)12)11(10-7)8-4-5-8/h6,8H,4-5H2,1-3H3. The Hall–Kier alpha value is -0.560. The van der Waals surface area contributed by atoms with E-state index in [2.05, 4.69) is 5.10 Å². The topological polar surface area (TPSA) is 34.9 Å². The van der Waals surface area contributed by atoms with Crippen molar-refractivity contribution in [1.29, 1.82) is 0 Å². The van der Waals surface area contributed by atoms with Crippen LogP contribution in [0.25, 0.3) is 0 Å². The van der Waals surface area contributed by atoms with E-state index in [1.807, 2.05) is 31.0 Å². The number of aryl methyl sites for hydroxylation is 1. The van der Waals surface area contributed by atoms with E-state index in [0.717, 1.165) is 11.1 Å². The van der Waals surface area contributed by atoms with Crippen LogP contribution in [0.4, 0.5) is 0 Å². The molecule has 1 aromatic heterocycles. The SMILES string of the molecule is Cc1cc(P(C)(C)=O)n(C2CC2)n1. The van der Waals surface area contributed by atoms with E-state index < -0.39 is 7.14 Å². The molecule has 0 N–H and O–H groups in total. The van der Waals surface area contributed by atoms with E-state index >= 15 is 0 Å². The summed E-state index contributed by atoms with van der Waals surface area (Å²) >= 11 is 0. The van der Waals surface area contributed by atoms with Crippen LogP contribution in [0.15, 0.2) is 6.07 Å². The van der Waals surface area contributed by atoms with E-state index in [4.69, 9.17) is 0 Å². The maximum atomic E-state index is 11.9. The quantitative estimate of drug-likeness (QED) is 0.679. The number of nitrogens with zero attached hydrogens (tertiary/aromatic N) is 2. The molecule has 2 rings (SSSR count). The molecular formula is C9H15N2OP. The highest BCUT2D eigenvalue weighted by atomic mass is 31.2. The predicted molar refractivity (Wildman–Crippen MR) is 54.3 cm³/mol. The minimum absolute atomic E-state index is 0.525. The first-order valence-electron chi connectivity index (χ1n) is 4.60. The fraction of sp³-hybridized carbons (Fsp3) is 0.667. The smallest absolute Gasteiger partial charge is 0.126 e. The fourth-order valence-electron chi connectivity index (χ4n) is 1.49. The Balaban J connectivity index is 2.48. The van der Waals surface area contributed by atoms with Crippen LogP contribution in [-0.4, -0.2) is 23.1 Å². The Morgan fingerprint density at radius 1 is 1.54 bits per heavy atom. The van der Waals surface area contributed by atoms with E-state index in [9.17, 15) is 4.57 Å². The van der Waals surface area contributed by atoms with Gasteiger partial charge in [0.15, 0.2) is 0 Å². The van der Waals surface area contributed by atoms with E-state index in [1.165, 1.54) is 12.8 Å². The summed E-state index contributed by atoms with van der Waals surface area (Å²) in [7, 11) is -2.15. The summed E-state index contributed by atoms with van der Waals surface area (Å²) in [6, 6.07) is 2.48. The van der Waals surface area contributed by atoms with Gasteiger partial charge >= 0.3 is 0 Å². The van der Waals surface area contributed by atoms with Crippen molar-refractivity contribution in [1.82, 2.24) is 9.78 Å². The molecule has 0 bridgehead atoms. The molecule has 72 valence electrons. The first-order valence-corrected chi connectivity index (χ1v) is 7.20. The zero-order valence-electron chi connectivity index (χ0n) is 8.32. The van der Waals surface area contributed by atoms with Gasteiger partial charge in [0.2, 0.25) is 0 Å². The number of hydrogen-bond acceptors (Lipinski definition) is 2. The molecule has 0 aromatic carbocycles. The summed E-state index contributed by atoms with van der Waals surface area (Å²) in [5, 5.41) is 4.38. The lowest BCUT2D eigenvalue weighted by atomic mass is 10.5. The summed E-state index contributed by atoms with van der Waals surface area (Å²) in [6.45, 7) is 5.57. The molecule has 0 atom stereocenters. The van der Waals surface area contributed by atoms with Gasteiger partial charge in [0.05, 0.1) is 17.2 Å². The second kappa shape index (κ2) is 2.71. The van der Waals surface area contributed by atoms with Gasteiger partial charge in [0, 0.05) is 0 Å². The molecule has 0 spiro atoms. The molecule has 1 aliphatic rings. The van der Waals surface area contributed by atoms with Gasteiger partial charge in [-0.25, -0.2) is 0 Å². The van der Waals surface area contributed by atoms with Gasteiger partial charge in [0.1, 0.15) is 7.14 Å². The highest BCUT2D eigenvalue weighted by Gasteiger charge is 2.30. The second-order valence-electron chi connectivity index (χ2n) is 4.17. The van der Waals surface area contributed by atoms with Crippen molar-refractivity contribution in [3.05, 3.63) is 11.8 Å². The number of rotatable bonds is 2. The second-order valence-corrected chi connectivity index (χ2v) is 7.33. The van der Waals surface area contributed by atoms with Crippen LogP contribution >= 0.6 is 7.14 Å². The summed E-state index contributed by atoms with van der Waals surface area (Å²) in [5.41, 5.74) is 1.92. The molecule has 0 aliphatic heterocycles. The Morgan fingerprint density at radius 2 is 2.15 bits per heavy atom. The first kappa shape index (κ1) is 9.01. The lowest BCUT2D eigenvalue weighted by Crippen LogP contribution is -2.16. The van der Waals surface area contributed by atoms with Gasteiger partial charge in [0.25, 0.3) is 0 Å². The molecule has 1 heterocycles. The molecule has 13 heavy (non-hydrogen) atoms. The van der Waals surface area contributed by atoms with Crippen molar-refractivity contribution in [2.24, 2.45) is 0 Å². The highest BCUT2D eigenvalue weighted by molar-refractivity contribution is 7.69. The van der Waals surface area contributed by atoms with Crippen LogP contribution in [0.2, 0.25) is 0 Å². The molecule has 4 heteroatoms. The molecule has 1 saturated carbocycles. The minimum atomic E-state index is -2.15. The average molecular weight is 198 g/mol. The largest absolute Gasteiger partial charge is 0.318 e. The van der Waals surface area contributed by atoms with Gasteiger partial charge in [-0.15, -0.1) is 0 Å². The molecule has 0 amide bonds. The summed E-state index contributed by atoms with van der Waals surface area (Å²) in [6.07, 6.45) is 2.38. The van der Waals surface area contributed by atoms with Crippen molar-refractivity contribution in [2.45, 2.75) is 25.8 Å². The lowest BCUT2D eigenvalue weighted by molar-refractivity contribution is 0.582. The Bertz CT molecular complexity index is 373. The maximum Gasteiger partial charge on any atom is 0.126 e. The first-order chi connectivity index (χ1) is 5.98. The normalized spacial score (nSPS) is 17.8. The zero-order chi connectivity index (χ0) is 9.64. The van der Waals surface area contributed by atoms with Crippen LogP contribution in [0.3, 0.4) is 0 Å². The highest BCUT2D eigenvalue weighted by Crippen LogP contribution is 2.40. The van der Waals surface area contributed by atoms with Crippen LogP contribution in [0.1, 0.15) is 24.6 Å². The molecule has 1 aromatic rings. The molecule has 3 nitrogen and oxygen atoms in total. The van der Waals surface area contributed by atoms with E-state index in [1.54, 1.807) is 0 Å². The number of aromatic nitrogens is 2. The van der Waals surface area contributed by atoms with E-state index in [-0.39, 0.29) is 0 Å². The van der Waals surface area contributed by atoms with Gasteiger partial charge in [-0.2, -0.15) is 5.10 Å². The molecule has 0 unspecified atom stereocenters. The van der Waals surface area contributed by atoms with Gasteiger partial charge in [-0.05, 0) is 39.2 Å². The van der Waals surface area contributed by atoms with Crippen LogP contribution in [-0.2, 0) is 4.57 Å². The van der Waals surface area contributed by atoms with Crippen molar-refractivity contribution in [3.8, 4) is 0 Å². The Labute approximate surface area is 78.5 Å². The molecule has 1 fully saturated rings. The monoisotopic (exact) mass is 198 g/mol. The third kappa shape index (κ3) is 1.71. The van der Waals surface area contributed by atoms with E-state index in [0.29, 0.717) is 6.04 Å². The Kier molecular flexibility index (Phi) is 1.88. The predicted octanol–water partition coefficient (Wildman–Crippen LogP) is 1.77. The van der Waals surface area contributed by atoms with Crippen LogP contribution in [0, 0.1) is 6.92 Å². The summed E-state index contributed by atoms with van der Waals surface area (Å²) in [5.74, 6) is 0. The lowest BCUT2D eigenvalue weighted by Gasteiger charge is -2.08. The van der Waals surface area contributed by atoms with Gasteiger partial charge < -0.3 is 4.57 Å². The third-order valence-electron chi connectivity index (χ3n) is 2.28. The van der Waals surface area contributed by atoms with Gasteiger partial charge in [-0.1, -0.05) is 0 Å². The van der Waals surface area contributed by atoms with Gasteiger partial charge in [-0.3, -0.25) is 4.68 Å². The maximum absolute atomic E-state index is 11.9. The minimum Gasteiger partial charge on any atom is -0.318 e. The molecule has 1 aliphatic carbocycles. The van der Waals surface area contributed by atoms with Crippen molar-refractivity contribution in [2.75, 3.05) is 13.3 Å². The number of hydrogen-bond donors (Lipinski definition) is 0. The van der Waals surface area contributed by atoms with Crippen molar-refractivity contribution in [3.63, 3.8) is 0 Å². The molecular weight excluding hydrogens is 183 g/mol. The fourth-order valence-corrected chi connectivity index (χ4v) is 2.69. The zero-order valence-corrected chi connectivity index (χ0v) is 9.21. The van der Waals surface area contributed by atoms with Crippen LogP contribution in [0.5, 0.6) is 0 Å². The molecule has 0 saturated heterocycles. The summed E-state index contributed by atoms with van der Waals surface area (Å²) in [4.78, 5) is 0. The van der Waals surface area contributed by atoms with Crippen LogP contribution < -0.4 is 5.44 Å². The molecule has 0 radical (unpaired) electrons. The van der Waals surface area contributed by atoms with Crippen molar-refractivity contribution >= 4 is 12.6 Å². The Morgan fingerprint density at radius 3 is 2.62 bits per heavy atom. The summed E-state index contributed by atoms with van der Waals surface area (Å²) < 4.78 is 13.9.